The summed E-state index contributed by atoms with van der Waals surface area (Å²) in [6, 6.07) is 5.66. The molecule has 1 aromatic carbocycles. The molecule has 1 saturated heterocycles. The molecule has 1 aliphatic rings. The van der Waals surface area contributed by atoms with Crippen molar-refractivity contribution >= 4 is 29.5 Å². The molecule has 0 radical (unpaired) electrons. The molecule has 0 aromatic heterocycles. The van der Waals surface area contributed by atoms with E-state index in [1.165, 1.54) is 7.11 Å². The number of nitrogens with one attached hydrogen (secondary N) is 2. The maximum Gasteiger partial charge on any atom is 0.327 e. The molecule has 1 fully saturated rings. The Labute approximate surface area is 170 Å². The lowest BCUT2D eigenvalue weighted by Crippen LogP contribution is -2.56. The second-order valence-electron chi connectivity index (χ2n) is 6.54. The number of methoxy groups -OCH3 is 1. The van der Waals surface area contributed by atoms with Crippen molar-refractivity contribution in [1.82, 2.24) is 20.4 Å². The number of nitrogens with zero attached hydrogens (tertiary/aromatic N) is 2. The van der Waals surface area contributed by atoms with Crippen molar-refractivity contribution in [1.29, 1.82) is 0 Å². The van der Waals surface area contributed by atoms with Crippen LogP contribution in [-0.4, -0.2) is 73.6 Å². The van der Waals surface area contributed by atoms with Gasteiger partial charge in [0.1, 0.15) is 6.04 Å². The first kappa shape index (κ1) is 22.1. The van der Waals surface area contributed by atoms with Crippen molar-refractivity contribution in [2.24, 2.45) is 0 Å². The Balaban J connectivity index is 2.02. The van der Waals surface area contributed by atoms with Gasteiger partial charge in [-0.2, -0.15) is 0 Å². The number of carbonyl (C=O) groups is 3. The number of amides is 3. The van der Waals surface area contributed by atoms with Gasteiger partial charge >= 0.3 is 12.0 Å². The van der Waals surface area contributed by atoms with Gasteiger partial charge in [0.2, 0.25) is 5.91 Å². The fourth-order valence-electron chi connectivity index (χ4n) is 3.25. The Morgan fingerprint density at radius 1 is 1.14 bits per heavy atom. The van der Waals surface area contributed by atoms with Crippen LogP contribution in [0.2, 0.25) is 5.02 Å². The van der Waals surface area contributed by atoms with Gasteiger partial charge in [-0.05, 0) is 25.5 Å². The lowest BCUT2D eigenvalue weighted by Gasteiger charge is -2.40. The van der Waals surface area contributed by atoms with Gasteiger partial charge in [0.15, 0.2) is 0 Å². The zero-order valence-corrected chi connectivity index (χ0v) is 17.2. The third-order valence-corrected chi connectivity index (χ3v) is 5.18. The summed E-state index contributed by atoms with van der Waals surface area (Å²) in [5.74, 6) is -0.724. The smallest absolute Gasteiger partial charge is 0.327 e. The maximum absolute atomic E-state index is 12.4. The number of hydrogen-bond acceptors (Lipinski definition) is 6. The van der Waals surface area contributed by atoms with Crippen LogP contribution in [0, 0.1) is 0 Å². The lowest BCUT2D eigenvalue weighted by molar-refractivity contribution is -0.148. The summed E-state index contributed by atoms with van der Waals surface area (Å²) < 4.78 is 4.99. The molecular formula is C19H27ClN4O4. The van der Waals surface area contributed by atoms with Crippen molar-refractivity contribution in [2.75, 3.05) is 39.8 Å². The van der Waals surface area contributed by atoms with Gasteiger partial charge < -0.3 is 10.1 Å². The first-order valence-corrected chi connectivity index (χ1v) is 9.65. The summed E-state index contributed by atoms with van der Waals surface area (Å²) in [6.07, 6.45) is 0. The van der Waals surface area contributed by atoms with Crippen LogP contribution in [0.15, 0.2) is 24.3 Å². The Bertz CT molecular complexity index is 707. The normalized spacial score (nSPS) is 17.4. The van der Waals surface area contributed by atoms with E-state index in [0.29, 0.717) is 43.3 Å². The van der Waals surface area contributed by atoms with Crippen LogP contribution in [0.3, 0.4) is 0 Å². The second kappa shape index (κ2) is 10.4. The molecule has 154 valence electrons. The number of imide groups is 1. The summed E-state index contributed by atoms with van der Waals surface area (Å²) in [5, 5.41) is 5.38. The second-order valence-corrected chi connectivity index (χ2v) is 6.95. The number of benzene rings is 1. The lowest BCUT2D eigenvalue weighted by atomic mass is 10.0. The number of esters is 1. The number of rotatable bonds is 6. The molecule has 2 rings (SSSR count). The highest BCUT2D eigenvalue weighted by Gasteiger charge is 2.34. The third-order valence-electron chi connectivity index (χ3n) is 4.84. The van der Waals surface area contributed by atoms with E-state index in [1.54, 1.807) is 19.9 Å². The van der Waals surface area contributed by atoms with Crippen LogP contribution in [0.5, 0.6) is 0 Å². The number of ether oxygens (including phenoxy) is 1. The summed E-state index contributed by atoms with van der Waals surface area (Å²) in [5.41, 5.74) is 0.700. The molecule has 0 bridgehead atoms. The fourth-order valence-corrected chi connectivity index (χ4v) is 3.49. The number of halogens is 1. The summed E-state index contributed by atoms with van der Waals surface area (Å²) >= 11 is 6.30. The monoisotopic (exact) mass is 410 g/mol. The average molecular weight is 411 g/mol. The molecule has 0 spiro atoms. The van der Waals surface area contributed by atoms with Gasteiger partial charge in [-0.25, -0.2) is 9.59 Å². The van der Waals surface area contributed by atoms with Crippen LogP contribution in [-0.2, 0) is 14.3 Å². The quantitative estimate of drug-likeness (QED) is 0.689. The molecule has 1 heterocycles. The topological polar surface area (TPSA) is 91.0 Å². The zero-order chi connectivity index (χ0) is 20.7. The Morgan fingerprint density at radius 3 is 2.32 bits per heavy atom. The minimum atomic E-state index is -0.597. The van der Waals surface area contributed by atoms with Crippen molar-refractivity contribution in [3.63, 3.8) is 0 Å². The number of urea groups is 1. The van der Waals surface area contributed by atoms with E-state index in [9.17, 15) is 14.4 Å². The van der Waals surface area contributed by atoms with E-state index in [1.807, 2.05) is 28.0 Å². The van der Waals surface area contributed by atoms with Crippen molar-refractivity contribution in [2.45, 2.75) is 25.9 Å². The molecule has 8 nitrogen and oxygen atoms in total. The van der Waals surface area contributed by atoms with Gasteiger partial charge in [0.05, 0.1) is 13.2 Å². The molecule has 28 heavy (non-hydrogen) atoms. The molecule has 2 N–H and O–H groups in total. The molecule has 1 aromatic rings. The molecule has 0 saturated carbocycles. The van der Waals surface area contributed by atoms with Gasteiger partial charge in [-0.15, -0.1) is 0 Å². The SMILES string of the molecule is CCNC(=O)NC(=O)[C@@H](C)N1CCN([C@@H](C(=O)OC)c2ccccc2Cl)CC1. The molecule has 1 aliphatic heterocycles. The molecule has 9 heteroatoms. The van der Waals surface area contributed by atoms with Crippen LogP contribution >= 0.6 is 11.6 Å². The van der Waals surface area contributed by atoms with Crippen molar-refractivity contribution in [3.05, 3.63) is 34.9 Å². The van der Waals surface area contributed by atoms with E-state index < -0.39 is 18.1 Å². The fraction of sp³-hybridized carbons (Fsp3) is 0.526. The molecular weight excluding hydrogens is 384 g/mol. The highest BCUT2D eigenvalue weighted by molar-refractivity contribution is 6.31. The third kappa shape index (κ3) is 5.43. The Kier molecular flexibility index (Phi) is 8.22. The molecule has 0 aliphatic carbocycles. The van der Waals surface area contributed by atoms with Gasteiger partial charge in [-0.1, -0.05) is 29.8 Å². The Hall–Kier alpha value is -2.16. The number of carbonyl (C=O) groups excluding carboxylic acids is 3. The van der Waals surface area contributed by atoms with Gasteiger partial charge in [0, 0.05) is 37.7 Å². The highest BCUT2D eigenvalue weighted by atomic mass is 35.5. The summed E-state index contributed by atoms with van der Waals surface area (Å²) in [7, 11) is 1.36. The highest BCUT2D eigenvalue weighted by Crippen LogP contribution is 2.29. The largest absolute Gasteiger partial charge is 0.468 e. The summed E-state index contributed by atoms with van der Waals surface area (Å²) in [4.78, 5) is 40.2. The molecule has 3 amide bonds. The first-order chi connectivity index (χ1) is 13.4. The number of piperazine rings is 1. The summed E-state index contributed by atoms with van der Waals surface area (Å²) in [6.45, 7) is 6.25. The predicted molar refractivity (Wildman–Crippen MR) is 106 cm³/mol. The van der Waals surface area contributed by atoms with E-state index >= 15 is 0 Å². The van der Waals surface area contributed by atoms with Crippen LogP contribution < -0.4 is 10.6 Å². The van der Waals surface area contributed by atoms with E-state index in [4.69, 9.17) is 16.3 Å². The molecule has 0 unspecified atom stereocenters. The van der Waals surface area contributed by atoms with E-state index in [-0.39, 0.29) is 11.9 Å². The molecule has 2 atom stereocenters. The van der Waals surface area contributed by atoms with Gasteiger partial charge in [-0.3, -0.25) is 19.9 Å². The average Bonchev–Trinajstić information content (AvgIpc) is 2.69. The van der Waals surface area contributed by atoms with Crippen molar-refractivity contribution in [3.8, 4) is 0 Å². The van der Waals surface area contributed by atoms with E-state index in [0.717, 1.165) is 0 Å². The minimum Gasteiger partial charge on any atom is -0.468 e. The first-order valence-electron chi connectivity index (χ1n) is 9.28. The Morgan fingerprint density at radius 2 is 1.75 bits per heavy atom. The van der Waals surface area contributed by atoms with Crippen LogP contribution in [0.25, 0.3) is 0 Å². The minimum absolute atomic E-state index is 0.352. The maximum atomic E-state index is 12.4. The van der Waals surface area contributed by atoms with Crippen LogP contribution in [0.1, 0.15) is 25.5 Å². The predicted octanol–water partition coefficient (Wildman–Crippen LogP) is 1.41. The van der Waals surface area contributed by atoms with E-state index in [2.05, 4.69) is 10.6 Å². The van der Waals surface area contributed by atoms with Crippen LogP contribution in [0.4, 0.5) is 4.79 Å². The van der Waals surface area contributed by atoms with Crippen molar-refractivity contribution < 1.29 is 19.1 Å². The standard InChI is InChI=1S/C19H27ClN4O4/c1-4-21-19(27)22-17(25)13(2)23-9-11-24(12-10-23)16(18(26)28-3)14-7-5-6-8-15(14)20/h5-8,13,16H,4,9-12H2,1-3H3,(H2,21,22,25,27)/t13-,16-/m1/s1. The van der Waals surface area contributed by atoms with Gasteiger partial charge in [0.25, 0.3) is 0 Å². The number of hydrogen-bond donors (Lipinski definition) is 2. The zero-order valence-electron chi connectivity index (χ0n) is 16.4.